The first-order chi connectivity index (χ1) is 11.0. The number of phenols is 1. The van der Waals surface area contributed by atoms with E-state index < -0.39 is 11.5 Å². The molecule has 0 amide bonds. The van der Waals surface area contributed by atoms with Crippen LogP contribution in [0.1, 0.15) is 34.1 Å². The number of phenolic OH excluding ortho intramolecular Hbond substituents is 1. The monoisotopic (exact) mass is 313 g/mol. The lowest BCUT2D eigenvalue weighted by atomic mass is 10.1. The fourth-order valence-corrected chi connectivity index (χ4v) is 2.44. The fourth-order valence-electron chi connectivity index (χ4n) is 2.44. The van der Waals surface area contributed by atoms with Gasteiger partial charge in [0.25, 0.3) is 5.56 Å². The van der Waals surface area contributed by atoms with E-state index in [9.17, 15) is 14.7 Å². The van der Waals surface area contributed by atoms with Crippen LogP contribution in [0.5, 0.6) is 11.5 Å². The molecule has 2 N–H and O–H groups in total. The molecule has 1 aromatic heterocycles. The van der Waals surface area contributed by atoms with E-state index in [-0.39, 0.29) is 11.3 Å². The molecule has 1 aliphatic rings. The fraction of sp³-hybridized carbons (Fsp3) is 0.176. The number of fused-ring (bicyclic) bond motifs is 1. The zero-order chi connectivity index (χ0) is 16.6. The predicted molar refractivity (Wildman–Crippen MR) is 84.4 cm³/mol. The first-order valence-corrected chi connectivity index (χ1v) is 7.13. The van der Waals surface area contributed by atoms with E-state index in [4.69, 9.17) is 9.47 Å². The van der Waals surface area contributed by atoms with E-state index in [0.29, 0.717) is 34.9 Å². The molecule has 6 heteroatoms. The van der Waals surface area contributed by atoms with E-state index in [1.165, 1.54) is 6.07 Å². The van der Waals surface area contributed by atoms with Crippen LogP contribution in [-0.4, -0.2) is 22.7 Å². The molecule has 0 atom stereocenters. The zero-order valence-electron chi connectivity index (χ0n) is 12.7. The molecule has 2 aromatic rings. The van der Waals surface area contributed by atoms with E-state index in [0.717, 1.165) is 0 Å². The topological polar surface area (TPSA) is 88.6 Å². The number of nitrogens with one attached hydrogen (secondary N) is 1. The second kappa shape index (κ2) is 5.64. The van der Waals surface area contributed by atoms with Crippen LogP contribution in [0.25, 0.3) is 11.8 Å². The smallest absolute Gasteiger partial charge is 0.349 e. The van der Waals surface area contributed by atoms with Gasteiger partial charge in [0.1, 0.15) is 11.3 Å². The van der Waals surface area contributed by atoms with Gasteiger partial charge in [0.15, 0.2) is 11.5 Å². The summed E-state index contributed by atoms with van der Waals surface area (Å²) in [5.41, 5.74) is 1.32. The van der Waals surface area contributed by atoms with Crippen molar-refractivity contribution in [2.45, 2.75) is 13.8 Å². The number of aromatic nitrogens is 1. The maximum atomic E-state index is 11.9. The van der Waals surface area contributed by atoms with Crippen molar-refractivity contribution in [1.29, 1.82) is 0 Å². The number of aryl methyl sites for hydroxylation is 1. The Balaban J connectivity index is 2.08. The summed E-state index contributed by atoms with van der Waals surface area (Å²) in [6.45, 7) is 3.96. The van der Waals surface area contributed by atoms with Gasteiger partial charge in [-0.3, -0.25) is 4.79 Å². The standard InChI is InChI=1S/C17H15NO5/c1-3-22-14-8-10(4-5-12(14)19)7-13-11-6-9(2)18-16(20)15(11)17(21)23-13/h4-8,19H,3H2,1-2H3,(H,18,20)/b13-7+. The number of esters is 1. The highest BCUT2D eigenvalue weighted by Gasteiger charge is 2.30. The minimum Gasteiger partial charge on any atom is -0.504 e. The molecule has 23 heavy (non-hydrogen) atoms. The summed E-state index contributed by atoms with van der Waals surface area (Å²) >= 11 is 0. The van der Waals surface area contributed by atoms with E-state index in [1.54, 1.807) is 31.2 Å². The highest BCUT2D eigenvalue weighted by Crippen LogP contribution is 2.32. The lowest BCUT2D eigenvalue weighted by molar-refractivity contribution is 0.0715. The van der Waals surface area contributed by atoms with Gasteiger partial charge in [0.2, 0.25) is 0 Å². The Morgan fingerprint density at radius 2 is 2.09 bits per heavy atom. The average Bonchev–Trinajstić information content (AvgIpc) is 2.79. The second-order valence-electron chi connectivity index (χ2n) is 5.13. The van der Waals surface area contributed by atoms with Crippen LogP contribution in [0.4, 0.5) is 0 Å². The van der Waals surface area contributed by atoms with Gasteiger partial charge in [0, 0.05) is 11.3 Å². The number of pyridine rings is 1. The Morgan fingerprint density at radius 1 is 1.30 bits per heavy atom. The molecule has 1 aromatic carbocycles. The lowest BCUT2D eigenvalue weighted by Gasteiger charge is -2.07. The minimum absolute atomic E-state index is 0.00524. The summed E-state index contributed by atoms with van der Waals surface area (Å²) < 4.78 is 10.5. The number of hydrogen-bond donors (Lipinski definition) is 2. The first kappa shape index (κ1) is 14.9. The first-order valence-electron chi connectivity index (χ1n) is 7.13. The van der Waals surface area contributed by atoms with Gasteiger partial charge >= 0.3 is 5.97 Å². The largest absolute Gasteiger partial charge is 0.504 e. The average molecular weight is 313 g/mol. The number of rotatable bonds is 3. The third kappa shape index (κ3) is 2.70. The Bertz CT molecular complexity index is 879. The van der Waals surface area contributed by atoms with Gasteiger partial charge < -0.3 is 19.6 Å². The Hall–Kier alpha value is -3.02. The summed E-state index contributed by atoms with van der Waals surface area (Å²) in [5, 5.41) is 9.72. The molecular weight excluding hydrogens is 298 g/mol. The molecule has 118 valence electrons. The van der Waals surface area contributed by atoms with Crippen molar-refractivity contribution in [3.63, 3.8) is 0 Å². The predicted octanol–water partition coefficient (Wildman–Crippen LogP) is 2.46. The summed E-state index contributed by atoms with van der Waals surface area (Å²) in [6.07, 6.45) is 1.63. The number of benzene rings is 1. The zero-order valence-corrected chi connectivity index (χ0v) is 12.7. The van der Waals surface area contributed by atoms with Gasteiger partial charge in [-0.05, 0) is 43.7 Å². The van der Waals surface area contributed by atoms with Gasteiger partial charge in [-0.15, -0.1) is 0 Å². The van der Waals surface area contributed by atoms with Crippen LogP contribution in [-0.2, 0) is 4.74 Å². The van der Waals surface area contributed by atoms with Crippen LogP contribution in [0.15, 0.2) is 29.1 Å². The van der Waals surface area contributed by atoms with Gasteiger partial charge in [-0.2, -0.15) is 0 Å². The summed E-state index contributed by atoms with van der Waals surface area (Å²) in [5.74, 6) is 0.00207. The Kier molecular flexibility index (Phi) is 3.65. The number of carbonyl (C=O) groups excluding carboxylic acids is 1. The summed E-state index contributed by atoms with van der Waals surface area (Å²) in [6, 6.07) is 6.49. The van der Waals surface area contributed by atoms with Crippen LogP contribution < -0.4 is 10.3 Å². The van der Waals surface area contributed by atoms with Gasteiger partial charge in [0.05, 0.1) is 6.61 Å². The minimum atomic E-state index is -0.670. The second-order valence-corrected chi connectivity index (χ2v) is 5.13. The molecule has 6 nitrogen and oxygen atoms in total. The van der Waals surface area contributed by atoms with Crippen molar-refractivity contribution >= 4 is 17.8 Å². The van der Waals surface area contributed by atoms with Crippen molar-refractivity contribution < 1.29 is 19.4 Å². The third-order valence-corrected chi connectivity index (χ3v) is 3.42. The lowest BCUT2D eigenvalue weighted by Crippen LogP contribution is -2.16. The molecule has 1 aliphatic heterocycles. The number of H-pyrrole nitrogens is 1. The number of aromatic hydroxyl groups is 1. The van der Waals surface area contributed by atoms with Gasteiger partial charge in [-0.1, -0.05) is 6.07 Å². The molecule has 0 aliphatic carbocycles. The van der Waals surface area contributed by atoms with E-state index >= 15 is 0 Å². The molecule has 0 fully saturated rings. The normalized spacial score (nSPS) is 14.7. The maximum Gasteiger partial charge on any atom is 0.349 e. The molecule has 0 saturated heterocycles. The van der Waals surface area contributed by atoms with E-state index in [1.807, 2.05) is 6.92 Å². The molecule has 0 bridgehead atoms. The number of ether oxygens (including phenoxy) is 2. The number of cyclic esters (lactones) is 1. The molecular formula is C17H15NO5. The molecule has 2 heterocycles. The van der Waals surface area contributed by atoms with Crippen LogP contribution in [0, 0.1) is 6.92 Å². The molecule has 0 unspecified atom stereocenters. The number of hydrogen-bond acceptors (Lipinski definition) is 5. The molecule has 0 spiro atoms. The Labute approximate surface area is 132 Å². The molecule has 0 saturated carbocycles. The van der Waals surface area contributed by atoms with E-state index in [2.05, 4.69) is 4.98 Å². The van der Waals surface area contributed by atoms with Gasteiger partial charge in [-0.25, -0.2) is 4.79 Å². The quantitative estimate of drug-likeness (QED) is 0.850. The summed E-state index contributed by atoms with van der Waals surface area (Å²) in [7, 11) is 0. The van der Waals surface area contributed by atoms with Crippen molar-refractivity contribution in [1.82, 2.24) is 4.98 Å². The van der Waals surface area contributed by atoms with Crippen molar-refractivity contribution in [3.8, 4) is 11.5 Å². The maximum absolute atomic E-state index is 11.9. The molecule has 0 radical (unpaired) electrons. The van der Waals surface area contributed by atoms with Crippen molar-refractivity contribution in [2.24, 2.45) is 0 Å². The highest BCUT2D eigenvalue weighted by atomic mass is 16.5. The molecule has 3 rings (SSSR count). The van der Waals surface area contributed by atoms with Crippen LogP contribution in [0.3, 0.4) is 0 Å². The van der Waals surface area contributed by atoms with Crippen LogP contribution in [0.2, 0.25) is 0 Å². The van der Waals surface area contributed by atoms with Crippen molar-refractivity contribution in [2.75, 3.05) is 6.61 Å². The Morgan fingerprint density at radius 3 is 2.83 bits per heavy atom. The third-order valence-electron chi connectivity index (χ3n) is 3.42. The SMILES string of the molecule is CCOc1cc(/C=C2/OC(=O)c3c2cc(C)[nH]c3=O)ccc1O. The van der Waals surface area contributed by atoms with Crippen LogP contribution >= 0.6 is 0 Å². The summed E-state index contributed by atoms with van der Waals surface area (Å²) in [4.78, 5) is 26.3. The number of aromatic amines is 1. The van der Waals surface area contributed by atoms with Crippen molar-refractivity contribution in [3.05, 3.63) is 57.0 Å². The highest BCUT2D eigenvalue weighted by molar-refractivity contribution is 6.05. The number of carbonyl (C=O) groups is 1.